The monoisotopic (exact) mass is 356 g/mol. The molecule has 0 saturated carbocycles. The van der Waals surface area contributed by atoms with Gasteiger partial charge in [0.05, 0.1) is 0 Å². The number of hydrogen-bond acceptors (Lipinski definition) is 4. The molecule has 0 saturated heterocycles. The minimum atomic E-state index is -0.187. The highest BCUT2D eigenvalue weighted by molar-refractivity contribution is 6.30. The molecule has 25 heavy (non-hydrogen) atoms. The van der Waals surface area contributed by atoms with Crippen molar-refractivity contribution in [3.8, 4) is 0 Å². The molecule has 0 unspecified atom stereocenters. The zero-order chi connectivity index (χ0) is 17.6. The van der Waals surface area contributed by atoms with Gasteiger partial charge in [-0.25, -0.2) is 14.4 Å². The van der Waals surface area contributed by atoms with E-state index in [2.05, 4.69) is 20.6 Å². The summed E-state index contributed by atoms with van der Waals surface area (Å²) in [6, 6.07) is 16.0. The summed E-state index contributed by atoms with van der Waals surface area (Å²) in [7, 11) is 0. The Morgan fingerprint density at radius 2 is 1.72 bits per heavy atom. The molecule has 0 aliphatic heterocycles. The van der Waals surface area contributed by atoms with Crippen LogP contribution in [-0.4, -0.2) is 16.5 Å². The van der Waals surface area contributed by atoms with E-state index in [4.69, 9.17) is 11.6 Å². The molecule has 2 N–H and O–H groups in total. The highest BCUT2D eigenvalue weighted by atomic mass is 35.5. The second-order valence-corrected chi connectivity index (χ2v) is 6.02. The van der Waals surface area contributed by atoms with Crippen molar-refractivity contribution in [2.75, 3.05) is 17.2 Å². The minimum Gasteiger partial charge on any atom is -0.370 e. The third-order valence-electron chi connectivity index (χ3n) is 3.61. The van der Waals surface area contributed by atoms with Crippen LogP contribution >= 0.6 is 11.6 Å². The lowest BCUT2D eigenvalue weighted by Crippen LogP contribution is -2.09. The van der Waals surface area contributed by atoms with Crippen molar-refractivity contribution in [3.05, 3.63) is 76.8 Å². The van der Waals surface area contributed by atoms with E-state index in [9.17, 15) is 4.39 Å². The van der Waals surface area contributed by atoms with Crippen molar-refractivity contribution >= 4 is 28.9 Å². The number of anilines is 3. The van der Waals surface area contributed by atoms with Crippen molar-refractivity contribution in [1.29, 1.82) is 0 Å². The summed E-state index contributed by atoms with van der Waals surface area (Å²) in [6.07, 6.45) is 0.579. The summed E-state index contributed by atoms with van der Waals surface area (Å²) < 4.78 is 13.6. The van der Waals surface area contributed by atoms with Crippen LogP contribution in [0.15, 0.2) is 54.6 Å². The van der Waals surface area contributed by atoms with Gasteiger partial charge in [-0.3, -0.25) is 0 Å². The zero-order valence-corrected chi connectivity index (χ0v) is 14.5. The number of nitrogens with one attached hydrogen (secondary N) is 2. The summed E-state index contributed by atoms with van der Waals surface area (Å²) in [5.74, 6) is 1.84. The number of halogens is 2. The van der Waals surface area contributed by atoms with Gasteiger partial charge < -0.3 is 10.6 Å². The fourth-order valence-electron chi connectivity index (χ4n) is 2.43. The van der Waals surface area contributed by atoms with Crippen LogP contribution in [0.2, 0.25) is 5.02 Å². The van der Waals surface area contributed by atoms with E-state index in [1.807, 2.05) is 43.3 Å². The first-order chi connectivity index (χ1) is 12.1. The van der Waals surface area contributed by atoms with Crippen molar-refractivity contribution in [3.63, 3.8) is 0 Å². The lowest BCUT2D eigenvalue weighted by Gasteiger charge is -2.10. The lowest BCUT2D eigenvalue weighted by atomic mass is 10.1. The van der Waals surface area contributed by atoms with Gasteiger partial charge >= 0.3 is 0 Å². The molecule has 0 fully saturated rings. The molecule has 0 amide bonds. The number of nitrogens with zero attached hydrogens (tertiary/aromatic N) is 2. The van der Waals surface area contributed by atoms with Gasteiger partial charge in [0.25, 0.3) is 0 Å². The standard InChI is InChI=1S/C19H18ClFN4/c1-13-23-18(22-11-10-14-4-2-3-5-17(14)21)12-19(24-13)25-16-8-6-15(20)7-9-16/h2-9,12H,10-11H2,1H3,(H2,22,23,24,25). The summed E-state index contributed by atoms with van der Waals surface area (Å²) in [4.78, 5) is 8.74. The van der Waals surface area contributed by atoms with Crippen LogP contribution in [0.1, 0.15) is 11.4 Å². The summed E-state index contributed by atoms with van der Waals surface area (Å²) in [5.41, 5.74) is 1.57. The summed E-state index contributed by atoms with van der Waals surface area (Å²) >= 11 is 5.89. The van der Waals surface area contributed by atoms with Crippen LogP contribution in [0.25, 0.3) is 0 Å². The molecule has 3 aromatic rings. The average molecular weight is 357 g/mol. The molecule has 2 aromatic carbocycles. The first kappa shape index (κ1) is 17.2. The molecule has 6 heteroatoms. The number of aryl methyl sites for hydroxylation is 1. The predicted molar refractivity (Wildman–Crippen MR) is 100 cm³/mol. The van der Waals surface area contributed by atoms with E-state index >= 15 is 0 Å². The zero-order valence-electron chi connectivity index (χ0n) is 13.8. The fourth-order valence-corrected chi connectivity index (χ4v) is 2.56. The Bertz CT molecular complexity index is 852. The Morgan fingerprint density at radius 3 is 2.48 bits per heavy atom. The molecular formula is C19H18ClFN4. The second-order valence-electron chi connectivity index (χ2n) is 5.59. The molecule has 0 bridgehead atoms. The molecule has 1 heterocycles. The molecule has 3 rings (SSSR count). The smallest absolute Gasteiger partial charge is 0.136 e. The van der Waals surface area contributed by atoms with Gasteiger partial charge in [0.2, 0.25) is 0 Å². The van der Waals surface area contributed by atoms with Crippen LogP contribution in [0.4, 0.5) is 21.7 Å². The number of benzene rings is 2. The second kappa shape index (κ2) is 7.94. The first-order valence-electron chi connectivity index (χ1n) is 7.96. The maximum absolute atomic E-state index is 13.6. The highest BCUT2D eigenvalue weighted by Gasteiger charge is 2.04. The van der Waals surface area contributed by atoms with Crippen molar-refractivity contribution in [2.24, 2.45) is 0 Å². The van der Waals surface area contributed by atoms with Crippen molar-refractivity contribution in [1.82, 2.24) is 9.97 Å². The molecule has 0 spiro atoms. The largest absolute Gasteiger partial charge is 0.370 e. The van der Waals surface area contributed by atoms with Crippen LogP contribution in [0.3, 0.4) is 0 Å². The lowest BCUT2D eigenvalue weighted by molar-refractivity contribution is 0.610. The third kappa shape index (κ3) is 4.90. The van der Waals surface area contributed by atoms with E-state index in [1.165, 1.54) is 6.07 Å². The molecular weight excluding hydrogens is 339 g/mol. The Balaban J connectivity index is 1.65. The molecule has 1 aromatic heterocycles. The molecule has 0 atom stereocenters. The quantitative estimate of drug-likeness (QED) is 0.654. The van der Waals surface area contributed by atoms with Gasteiger partial charge in [0, 0.05) is 23.3 Å². The average Bonchev–Trinajstić information content (AvgIpc) is 2.58. The van der Waals surface area contributed by atoms with Gasteiger partial charge in [-0.2, -0.15) is 0 Å². The van der Waals surface area contributed by atoms with Crippen LogP contribution in [-0.2, 0) is 6.42 Å². The van der Waals surface area contributed by atoms with E-state index < -0.39 is 0 Å². The Hall–Kier alpha value is -2.66. The van der Waals surface area contributed by atoms with Crippen LogP contribution < -0.4 is 10.6 Å². The number of rotatable bonds is 6. The Morgan fingerprint density at radius 1 is 1.00 bits per heavy atom. The summed E-state index contributed by atoms with van der Waals surface area (Å²) in [6.45, 7) is 2.41. The Labute approximate surface area is 151 Å². The molecule has 0 aliphatic carbocycles. The highest BCUT2D eigenvalue weighted by Crippen LogP contribution is 2.19. The van der Waals surface area contributed by atoms with E-state index in [0.29, 0.717) is 41.0 Å². The first-order valence-corrected chi connectivity index (χ1v) is 8.33. The van der Waals surface area contributed by atoms with Gasteiger partial charge in [-0.15, -0.1) is 0 Å². The van der Waals surface area contributed by atoms with Gasteiger partial charge in [0.1, 0.15) is 23.3 Å². The topological polar surface area (TPSA) is 49.8 Å². The van der Waals surface area contributed by atoms with Crippen LogP contribution in [0.5, 0.6) is 0 Å². The maximum Gasteiger partial charge on any atom is 0.136 e. The number of hydrogen-bond donors (Lipinski definition) is 2. The normalized spacial score (nSPS) is 10.5. The minimum absolute atomic E-state index is 0.187. The SMILES string of the molecule is Cc1nc(NCCc2ccccc2F)cc(Nc2ccc(Cl)cc2)n1. The summed E-state index contributed by atoms with van der Waals surface area (Å²) in [5, 5.41) is 7.12. The number of aromatic nitrogens is 2. The van der Waals surface area contributed by atoms with E-state index in [-0.39, 0.29) is 5.82 Å². The van der Waals surface area contributed by atoms with Gasteiger partial charge in [-0.1, -0.05) is 29.8 Å². The third-order valence-corrected chi connectivity index (χ3v) is 3.86. The fraction of sp³-hybridized carbons (Fsp3) is 0.158. The van der Waals surface area contributed by atoms with Gasteiger partial charge in [-0.05, 0) is 49.2 Å². The van der Waals surface area contributed by atoms with E-state index in [0.717, 1.165) is 5.69 Å². The molecule has 0 radical (unpaired) electrons. The van der Waals surface area contributed by atoms with Gasteiger partial charge in [0.15, 0.2) is 0 Å². The molecule has 4 nitrogen and oxygen atoms in total. The predicted octanol–water partition coefficient (Wildman–Crippen LogP) is 4.98. The molecule has 0 aliphatic rings. The van der Waals surface area contributed by atoms with Crippen molar-refractivity contribution < 1.29 is 4.39 Å². The van der Waals surface area contributed by atoms with Crippen LogP contribution in [0, 0.1) is 12.7 Å². The Kier molecular flexibility index (Phi) is 5.46. The van der Waals surface area contributed by atoms with E-state index in [1.54, 1.807) is 12.1 Å². The maximum atomic E-state index is 13.6. The van der Waals surface area contributed by atoms with Crippen molar-refractivity contribution in [2.45, 2.75) is 13.3 Å². The molecule has 128 valence electrons.